The van der Waals surface area contributed by atoms with Gasteiger partial charge in [-0.25, -0.2) is 8.42 Å². The predicted octanol–water partition coefficient (Wildman–Crippen LogP) is 3.91. The topological polar surface area (TPSA) is 88.1 Å². The van der Waals surface area contributed by atoms with Crippen molar-refractivity contribution in [2.24, 2.45) is 5.92 Å². The summed E-state index contributed by atoms with van der Waals surface area (Å²) in [6, 6.07) is 19.9. The summed E-state index contributed by atoms with van der Waals surface area (Å²) in [5.41, 5.74) is 3.71. The minimum atomic E-state index is -3.84. The fraction of sp³-hybridized carbons (Fsp3) is 0.308. The van der Waals surface area contributed by atoms with Crippen molar-refractivity contribution < 1.29 is 23.0 Å². The number of hydrogen-bond donors (Lipinski definition) is 2. The average molecular weight is 481 g/mol. The Hall–Kier alpha value is -3.07. The number of sulfonamides is 1. The molecule has 1 fully saturated rings. The molecule has 8 heteroatoms. The average Bonchev–Trinajstić information content (AvgIpc) is 3.34. The van der Waals surface area contributed by atoms with Crippen LogP contribution in [0.25, 0.3) is 11.1 Å². The van der Waals surface area contributed by atoms with Gasteiger partial charge in [0.2, 0.25) is 10.0 Å². The summed E-state index contributed by atoms with van der Waals surface area (Å²) >= 11 is 0. The third-order valence-corrected chi connectivity index (χ3v) is 8.80. The fourth-order valence-corrected chi connectivity index (χ4v) is 7.05. The fourth-order valence-electron chi connectivity index (χ4n) is 5.23. The van der Waals surface area contributed by atoms with Gasteiger partial charge in [0.05, 0.1) is 32.9 Å². The second kappa shape index (κ2) is 8.94. The van der Waals surface area contributed by atoms with E-state index < -0.39 is 16.1 Å². The van der Waals surface area contributed by atoms with Crippen molar-refractivity contribution in [3.8, 4) is 22.6 Å². The highest BCUT2D eigenvalue weighted by Crippen LogP contribution is 2.49. The Kier molecular flexibility index (Phi) is 5.97. The number of para-hydroxylation sites is 1. The molecule has 7 nitrogen and oxygen atoms in total. The summed E-state index contributed by atoms with van der Waals surface area (Å²) in [5.74, 6) is 1.03. The van der Waals surface area contributed by atoms with Crippen molar-refractivity contribution in [3.63, 3.8) is 0 Å². The number of nitrogens with zero attached hydrogens (tertiary/aromatic N) is 1. The summed E-state index contributed by atoms with van der Waals surface area (Å²) in [7, 11) is -0.727. The van der Waals surface area contributed by atoms with Gasteiger partial charge in [-0.2, -0.15) is 4.31 Å². The number of anilines is 1. The lowest BCUT2D eigenvalue weighted by Crippen LogP contribution is -2.42. The molecule has 0 aliphatic carbocycles. The van der Waals surface area contributed by atoms with Crippen LogP contribution in [0, 0.1) is 5.92 Å². The van der Waals surface area contributed by atoms with E-state index in [4.69, 9.17) is 9.47 Å². The number of nitrogens with one attached hydrogen (secondary N) is 1. The zero-order valence-electron chi connectivity index (χ0n) is 19.1. The van der Waals surface area contributed by atoms with Crippen LogP contribution in [0.1, 0.15) is 18.0 Å². The number of benzene rings is 3. The van der Waals surface area contributed by atoms with Crippen molar-refractivity contribution in [2.45, 2.75) is 23.4 Å². The molecule has 0 unspecified atom stereocenters. The molecular weight excluding hydrogens is 452 g/mol. The van der Waals surface area contributed by atoms with Gasteiger partial charge in [0.1, 0.15) is 16.4 Å². The second-order valence-electron chi connectivity index (χ2n) is 8.63. The first-order valence-electron chi connectivity index (χ1n) is 11.3. The first kappa shape index (κ1) is 22.7. The lowest BCUT2D eigenvalue weighted by Gasteiger charge is -2.39. The Bertz CT molecular complexity index is 1310. The van der Waals surface area contributed by atoms with Gasteiger partial charge in [0.15, 0.2) is 0 Å². The van der Waals surface area contributed by atoms with Crippen LogP contribution in [0.4, 0.5) is 5.69 Å². The van der Waals surface area contributed by atoms with E-state index in [1.54, 1.807) is 35.7 Å². The number of fused-ring (bicyclic) bond motifs is 3. The molecule has 2 aliphatic heterocycles. The van der Waals surface area contributed by atoms with Crippen LogP contribution in [-0.2, 0) is 10.0 Å². The first-order chi connectivity index (χ1) is 16.5. The molecule has 2 heterocycles. The van der Waals surface area contributed by atoms with Gasteiger partial charge in [0, 0.05) is 18.2 Å². The molecule has 1 saturated heterocycles. The van der Waals surface area contributed by atoms with E-state index in [1.807, 2.05) is 36.4 Å². The molecular formula is C26H28N2O5S. The highest BCUT2D eigenvalue weighted by molar-refractivity contribution is 7.89. The van der Waals surface area contributed by atoms with Crippen molar-refractivity contribution >= 4 is 15.7 Å². The molecule has 0 bridgehead atoms. The highest BCUT2D eigenvalue weighted by atomic mass is 32.2. The van der Waals surface area contributed by atoms with Crippen molar-refractivity contribution in [1.82, 2.24) is 4.31 Å². The highest BCUT2D eigenvalue weighted by Gasteiger charge is 2.49. The maximum absolute atomic E-state index is 13.9. The van der Waals surface area contributed by atoms with Crippen molar-refractivity contribution in [2.75, 3.05) is 32.7 Å². The Morgan fingerprint density at radius 2 is 1.79 bits per heavy atom. The number of hydrogen-bond acceptors (Lipinski definition) is 6. The maximum atomic E-state index is 13.9. The lowest BCUT2D eigenvalue weighted by atomic mass is 9.82. The Morgan fingerprint density at radius 3 is 2.56 bits per heavy atom. The standard InChI is InChI=1S/C26H28N2O5S/c1-32-19-7-5-6-17(14-19)18-10-11-22-21(15-18)26-20(23(16-29)27-22)12-13-28(26)34(30,31)25-9-4-3-8-24(25)33-2/h3-11,14-15,20,23,26-27,29H,12-13,16H2,1-2H3/t20-,23-,26-/m1/s1. The van der Waals surface area contributed by atoms with E-state index in [2.05, 4.69) is 11.4 Å². The Balaban J connectivity index is 1.62. The molecule has 34 heavy (non-hydrogen) atoms. The molecule has 2 aliphatic rings. The minimum Gasteiger partial charge on any atom is -0.497 e. The Morgan fingerprint density at radius 1 is 1.00 bits per heavy atom. The molecule has 0 radical (unpaired) electrons. The van der Waals surface area contributed by atoms with E-state index in [-0.39, 0.29) is 23.5 Å². The van der Waals surface area contributed by atoms with Gasteiger partial charge in [-0.3, -0.25) is 0 Å². The molecule has 3 aromatic carbocycles. The third kappa shape index (κ3) is 3.72. The summed E-state index contributed by atoms with van der Waals surface area (Å²) in [5, 5.41) is 13.5. The summed E-state index contributed by atoms with van der Waals surface area (Å²) in [6.45, 7) is 0.303. The van der Waals surface area contributed by atoms with E-state index in [0.29, 0.717) is 18.7 Å². The SMILES string of the molecule is COc1cccc(-c2ccc3c(c2)[C@H]2[C@H](CCN2S(=O)(=O)c2ccccc2OC)[C@@H](CO)N3)c1. The van der Waals surface area contributed by atoms with Gasteiger partial charge in [-0.05, 0) is 59.5 Å². The maximum Gasteiger partial charge on any atom is 0.247 e. The quantitative estimate of drug-likeness (QED) is 0.556. The molecule has 5 rings (SSSR count). The van der Waals surface area contributed by atoms with Crippen molar-refractivity contribution in [1.29, 1.82) is 0 Å². The van der Waals surface area contributed by atoms with Crippen LogP contribution >= 0.6 is 0 Å². The third-order valence-electron chi connectivity index (χ3n) is 6.88. The first-order valence-corrected chi connectivity index (χ1v) is 12.7. The Labute approximate surface area is 200 Å². The molecule has 3 atom stereocenters. The molecule has 0 amide bonds. The van der Waals surface area contributed by atoms with E-state index in [9.17, 15) is 13.5 Å². The summed E-state index contributed by atoms with van der Waals surface area (Å²) in [4.78, 5) is 0.155. The van der Waals surface area contributed by atoms with Crippen LogP contribution < -0.4 is 14.8 Å². The van der Waals surface area contributed by atoms with Gasteiger partial charge < -0.3 is 19.9 Å². The van der Waals surface area contributed by atoms with Gasteiger partial charge in [0.25, 0.3) is 0 Å². The van der Waals surface area contributed by atoms with Crippen LogP contribution in [0.15, 0.2) is 71.6 Å². The van der Waals surface area contributed by atoms with E-state index >= 15 is 0 Å². The summed E-state index contributed by atoms with van der Waals surface area (Å²) < 4.78 is 40.0. The number of aliphatic hydroxyl groups excluding tert-OH is 1. The zero-order valence-corrected chi connectivity index (χ0v) is 20.0. The molecule has 3 aromatic rings. The predicted molar refractivity (Wildman–Crippen MR) is 131 cm³/mol. The largest absolute Gasteiger partial charge is 0.497 e. The number of methoxy groups -OCH3 is 2. The minimum absolute atomic E-state index is 0.0532. The van der Waals surface area contributed by atoms with Gasteiger partial charge in [-0.1, -0.05) is 30.3 Å². The van der Waals surface area contributed by atoms with Gasteiger partial charge in [-0.15, -0.1) is 0 Å². The number of ether oxygens (including phenoxy) is 2. The zero-order chi connectivity index (χ0) is 23.9. The van der Waals surface area contributed by atoms with Crippen LogP contribution in [0.2, 0.25) is 0 Å². The van der Waals surface area contributed by atoms with Gasteiger partial charge >= 0.3 is 0 Å². The smallest absolute Gasteiger partial charge is 0.247 e. The normalized spacial score (nSPS) is 21.9. The number of aliphatic hydroxyl groups is 1. The number of rotatable bonds is 6. The molecule has 0 aromatic heterocycles. The summed E-state index contributed by atoms with van der Waals surface area (Å²) in [6.07, 6.45) is 0.653. The van der Waals surface area contributed by atoms with Crippen LogP contribution in [0.3, 0.4) is 0 Å². The lowest BCUT2D eigenvalue weighted by molar-refractivity contribution is 0.210. The van der Waals surface area contributed by atoms with E-state index in [0.717, 1.165) is 28.1 Å². The molecule has 0 saturated carbocycles. The van der Waals surface area contributed by atoms with Crippen LogP contribution in [0.5, 0.6) is 11.5 Å². The van der Waals surface area contributed by atoms with E-state index in [1.165, 1.54) is 7.11 Å². The van der Waals surface area contributed by atoms with Crippen LogP contribution in [-0.4, -0.2) is 51.2 Å². The molecule has 0 spiro atoms. The second-order valence-corrected chi connectivity index (χ2v) is 10.5. The van der Waals surface area contributed by atoms with Crippen molar-refractivity contribution in [3.05, 3.63) is 72.3 Å². The molecule has 178 valence electrons. The monoisotopic (exact) mass is 480 g/mol. The molecule has 2 N–H and O–H groups in total.